The van der Waals surface area contributed by atoms with Crippen molar-refractivity contribution in [1.82, 2.24) is 14.9 Å². The number of nitrogens with two attached hydrogens (primary N) is 1. The number of pyridine rings is 2. The van der Waals surface area contributed by atoms with Crippen LogP contribution in [0.15, 0.2) is 67.3 Å². The van der Waals surface area contributed by atoms with Crippen molar-refractivity contribution in [3.63, 3.8) is 0 Å². The van der Waals surface area contributed by atoms with Gasteiger partial charge in [0.2, 0.25) is 0 Å². The predicted molar refractivity (Wildman–Crippen MR) is 151 cm³/mol. The van der Waals surface area contributed by atoms with E-state index in [9.17, 15) is 0 Å². The minimum atomic E-state index is 0.647. The van der Waals surface area contributed by atoms with Gasteiger partial charge in [-0.1, -0.05) is 12.6 Å². The fourth-order valence-electron chi connectivity index (χ4n) is 4.69. The highest BCUT2D eigenvalue weighted by molar-refractivity contribution is 5.70. The van der Waals surface area contributed by atoms with Gasteiger partial charge < -0.3 is 16.0 Å². The van der Waals surface area contributed by atoms with Crippen molar-refractivity contribution < 1.29 is 0 Å². The van der Waals surface area contributed by atoms with Gasteiger partial charge in [0.05, 0.1) is 29.5 Å². The summed E-state index contributed by atoms with van der Waals surface area (Å²) in [5.41, 5.74) is 14.5. The van der Waals surface area contributed by atoms with E-state index < -0.39 is 0 Å². The number of hydrogen-bond acceptors (Lipinski definition) is 6. The number of nitrogen functional groups attached to an aromatic ring is 1. The molecule has 3 aromatic rings. The molecule has 186 valence electrons. The van der Waals surface area contributed by atoms with Crippen molar-refractivity contribution in [2.24, 2.45) is 0 Å². The van der Waals surface area contributed by atoms with Gasteiger partial charge in [-0.05, 0) is 80.2 Å². The Hall–Kier alpha value is -3.82. The molecule has 0 amide bonds. The number of anilines is 3. The third kappa shape index (κ3) is 6.44. The zero-order chi connectivity index (χ0) is 25.3. The maximum Gasteiger partial charge on any atom is 0.0568 e. The fraction of sp³-hybridized carbons (Fsp3) is 0.333. The summed E-state index contributed by atoms with van der Waals surface area (Å²) in [6.07, 6.45) is 19.6. The first-order chi connectivity index (χ1) is 17.6. The van der Waals surface area contributed by atoms with E-state index in [2.05, 4.69) is 74.8 Å². The lowest BCUT2D eigenvalue weighted by Gasteiger charge is -2.30. The average Bonchev–Trinajstić information content (AvgIpc) is 2.90. The number of terminal acetylenes is 1. The van der Waals surface area contributed by atoms with Crippen molar-refractivity contribution in [1.29, 1.82) is 0 Å². The van der Waals surface area contributed by atoms with Crippen LogP contribution in [0, 0.1) is 12.8 Å². The van der Waals surface area contributed by atoms with E-state index in [1.54, 1.807) is 0 Å². The second kappa shape index (κ2) is 12.2. The predicted octanol–water partition coefficient (Wildman–Crippen LogP) is 5.34. The lowest BCUT2D eigenvalue weighted by atomic mass is 10.00. The van der Waals surface area contributed by atoms with E-state index in [0.717, 1.165) is 59.1 Å². The number of benzene rings is 1. The van der Waals surface area contributed by atoms with Gasteiger partial charge in [0.25, 0.3) is 0 Å². The molecule has 0 atom stereocenters. The lowest BCUT2D eigenvalue weighted by molar-refractivity contribution is 0.170. The Morgan fingerprint density at radius 1 is 0.917 bits per heavy atom. The molecule has 2 aliphatic heterocycles. The van der Waals surface area contributed by atoms with Gasteiger partial charge in [0.15, 0.2) is 0 Å². The number of nitrogens with zero attached hydrogens (tertiary/aromatic N) is 4. The topological polar surface area (TPSA) is 70.3 Å². The normalized spacial score (nSPS) is 15.3. The van der Waals surface area contributed by atoms with E-state index in [0.29, 0.717) is 6.42 Å². The SMILES string of the molecule is C#C.C=C(Cc1cc(-c2cncc(N3CCCCC3)c2)ccc1N)Nc1ccc(CN2CCC2)nc1. The van der Waals surface area contributed by atoms with Crippen LogP contribution in [0.4, 0.5) is 17.1 Å². The molecule has 3 N–H and O–H groups in total. The van der Waals surface area contributed by atoms with E-state index in [-0.39, 0.29) is 0 Å². The van der Waals surface area contributed by atoms with Crippen molar-refractivity contribution >= 4 is 17.1 Å². The maximum absolute atomic E-state index is 6.33. The van der Waals surface area contributed by atoms with Crippen molar-refractivity contribution in [3.8, 4) is 24.0 Å². The minimum Gasteiger partial charge on any atom is -0.398 e. The maximum atomic E-state index is 6.33. The fourth-order valence-corrected chi connectivity index (χ4v) is 4.69. The molecule has 2 saturated heterocycles. The molecular formula is C30H36N6. The standard InChI is InChI=1S/C28H34N6.C2H2/c1-21(32-25-7-8-26(31-18-25)20-33-10-5-11-33)14-23-15-22(6-9-28(23)29)24-16-27(19-30-17-24)34-12-3-2-4-13-34;1-2/h6-9,15-19,32H,1-5,10-14,20,29H2;1-2H. The van der Waals surface area contributed by atoms with Crippen LogP contribution in [0.3, 0.4) is 0 Å². The number of piperidine rings is 1. The number of rotatable bonds is 8. The van der Waals surface area contributed by atoms with Crippen molar-refractivity contribution in [2.45, 2.75) is 38.6 Å². The van der Waals surface area contributed by atoms with Crippen LogP contribution in [-0.2, 0) is 13.0 Å². The average molecular weight is 481 g/mol. The van der Waals surface area contributed by atoms with Crippen LogP contribution >= 0.6 is 0 Å². The molecule has 0 spiro atoms. The first-order valence-electron chi connectivity index (χ1n) is 12.7. The summed E-state index contributed by atoms with van der Waals surface area (Å²) >= 11 is 0. The first kappa shape index (κ1) is 25.3. The molecule has 2 aliphatic rings. The molecule has 2 fully saturated rings. The Balaban J connectivity index is 0.00000148. The lowest BCUT2D eigenvalue weighted by Crippen LogP contribution is -2.36. The summed E-state index contributed by atoms with van der Waals surface area (Å²) in [7, 11) is 0. The highest BCUT2D eigenvalue weighted by atomic mass is 15.2. The third-order valence-corrected chi connectivity index (χ3v) is 6.81. The molecule has 1 aromatic carbocycles. The van der Waals surface area contributed by atoms with Gasteiger partial charge in [-0.2, -0.15) is 0 Å². The Labute approximate surface area is 215 Å². The van der Waals surface area contributed by atoms with E-state index in [4.69, 9.17) is 5.73 Å². The Kier molecular flexibility index (Phi) is 8.59. The van der Waals surface area contributed by atoms with Crippen molar-refractivity contribution in [3.05, 3.63) is 78.5 Å². The molecule has 5 rings (SSSR count). The van der Waals surface area contributed by atoms with Crippen LogP contribution in [0.1, 0.15) is 36.9 Å². The molecule has 0 saturated carbocycles. The summed E-state index contributed by atoms with van der Waals surface area (Å²) in [5, 5.41) is 3.39. The highest BCUT2D eigenvalue weighted by Crippen LogP contribution is 2.29. The van der Waals surface area contributed by atoms with E-state index in [1.807, 2.05) is 24.7 Å². The minimum absolute atomic E-state index is 0.647. The Morgan fingerprint density at radius 2 is 1.72 bits per heavy atom. The molecule has 2 aromatic heterocycles. The van der Waals surface area contributed by atoms with Gasteiger partial charge in [0.1, 0.15) is 0 Å². The second-order valence-corrected chi connectivity index (χ2v) is 9.47. The monoisotopic (exact) mass is 480 g/mol. The number of aromatic nitrogens is 2. The summed E-state index contributed by atoms with van der Waals surface area (Å²) in [4.78, 5) is 14.0. The highest BCUT2D eigenvalue weighted by Gasteiger charge is 2.15. The third-order valence-electron chi connectivity index (χ3n) is 6.81. The van der Waals surface area contributed by atoms with Crippen LogP contribution in [0.5, 0.6) is 0 Å². The van der Waals surface area contributed by atoms with Crippen LogP contribution in [0.2, 0.25) is 0 Å². The molecule has 6 heteroatoms. The molecule has 0 radical (unpaired) electrons. The summed E-state index contributed by atoms with van der Waals surface area (Å²) in [5.74, 6) is 0. The second-order valence-electron chi connectivity index (χ2n) is 9.47. The summed E-state index contributed by atoms with van der Waals surface area (Å²) in [6.45, 7) is 9.74. The van der Waals surface area contributed by atoms with Gasteiger partial charge in [-0.15, -0.1) is 12.8 Å². The zero-order valence-corrected chi connectivity index (χ0v) is 21.0. The number of nitrogens with one attached hydrogen (secondary N) is 1. The molecule has 0 bridgehead atoms. The molecule has 0 aliphatic carbocycles. The molecule has 36 heavy (non-hydrogen) atoms. The Bertz CT molecular complexity index is 1170. The largest absolute Gasteiger partial charge is 0.398 e. The summed E-state index contributed by atoms with van der Waals surface area (Å²) < 4.78 is 0. The van der Waals surface area contributed by atoms with E-state index >= 15 is 0 Å². The molecule has 6 nitrogen and oxygen atoms in total. The number of allylic oxidation sites excluding steroid dienone is 1. The number of hydrogen-bond donors (Lipinski definition) is 2. The van der Waals surface area contributed by atoms with Crippen LogP contribution in [0.25, 0.3) is 11.1 Å². The molecule has 4 heterocycles. The van der Waals surface area contributed by atoms with E-state index in [1.165, 1.54) is 44.5 Å². The molecular weight excluding hydrogens is 444 g/mol. The van der Waals surface area contributed by atoms with Gasteiger partial charge in [-0.25, -0.2) is 0 Å². The quantitative estimate of drug-likeness (QED) is 0.335. The first-order valence-corrected chi connectivity index (χ1v) is 12.7. The molecule has 0 unspecified atom stereocenters. The smallest absolute Gasteiger partial charge is 0.0568 e. The van der Waals surface area contributed by atoms with Crippen molar-refractivity contribution in [2.75, 3.05) is 42.1 Å². The van der Waals surface area contributed by atoms with Gasteiger partial charge >= 0.3 is 0 Å². The summed E-state index contributed by atoms with van der Waals surface area (Å²) in [6, 6.07) is 12.6. The van der Waals surface area contributed by atoms with Gasteiger partial charge in [0, 0.05) is 49.2 Å². The zero-order valence-electron chi connectivity index (χ0n) is 21.0. The van der Waals surface area contributed by atoms with Gasteiger partial charge in [-0.3, -0.25) is 14.9 Å². The van der Waals surface area contributed by atoms with Crippen LogP contribution < -0.4 is 16.0 Å². The Morgan fingerprint density at radius 3 is 2.42 bits per heavy atom. The number of likely N-dealkylation sites (tertiary alicyclic amines) is 1. The van der Waals surface area contributed by atoms with Crippen LogP contribution in [-0.4, -0.2) is 41.0 Å².